The third-order valence-electron chi connectivity index (χ3n) is 4.61. The van der Waals surface area contributed by atoms with Crippen molar-refractivity contribution in [1.82, 2.24) is 9.80 Å². The summed E-state index contributed by atoms with van der Waals surface area (Å²) in [5.74, 6) is 2.78. The van der Waals surface area contributed by atoms with Crippen LogP contribution in [0.2, 0.25) is 0 Å². The van der Waals surface area contributed by atoms with Gasteiger partial charge in [0, 0.05) is 37.0 Å². The van der Waals surface area contributed by atoms with Gasteiger partial charge in [-0.05, 0) is 38.5 Å². The van der Waals surface area contributed by atoms with Gasteiger partial charge in [0.15, 0.2) is 0 Å². The fraction of sp³-hybridized carbons (Fsp3) is 1.00. The Labute approximate surface area is 104 Å². The zero-order chi connectivity index (χ0) is 11.0. The van der Waals surface area contributed by atoms with Gasteiger partial charge in [0.1, 0.15) is 0 Å². The van der Waals surface area contributed by atoms with E-state index >= 15 is 0 Å². The molecule has 2 nitrogen and oxygen atoms in total. The van der Waals surface area contributed by atoms with Crippen molar-refractivity contribution in [2.24, 2.45) is 0 Å². The molecule has 3 heteroatoms. The molecule has 0 aromatic carbocycles. The Morgan fingerprint density at radius 3 is 2.81 bits per heavy atom. The third kappa shape index (κ3) is 2.14. The quantitative estimate of drug-likeness (QED) is 0.693. The Bertz CT molecular complexity index is 240. The van der Waals surface area contributed by atoms with Crippen molar-refractivity contribution in [1.29, 1.82) is 0 Å². The van der Waals surface area contributed by atoms with E-state index in [1.54, 1.807) is 0 Å². The van der Waals surface area contributed by atoms with E-state index in [0.29, 0.717) is 0 Å². The number of piperidine rings is 1. The fourth-order valence-electron chi connectivity index (χ4n) is 3.67. The minimum Gasteiger partial charge on any atom is -0.298 e. The van der Waals surface area contributed by atoms with Crippen molar-refractivity contribution in [3.63, 3.8) is 0 Å². The molecule has 0 amide bonds. The van der Waals surface area contributed by atoms with Gasteiger partial charge in [-0.3, -0.25) is 9.80 Å². The van der Waals surface area contributed by atoms with Gasteiger partial charge in [-0.25, -0.2) is 0 Å². The Hall–Kier alpha value is 0.270. The van der Waals surface area contributed by atoms with E-state index in [-0.39, 0.29) is 0 Å². The van der Waals surface area contributed by atoms with Gasteiger partial charge in [0.25, 0.3) is 0 Å². The first-order valence-corrected chi connectivity index (χ1v) is 8.07. The van der Waals surface area contributed by atoms with Crippen LogP contribution in [-0.2, 0) is 0 Å². The molecule has 3 saturated heterocycles. The smallest absolute Gasteiger partial charge is 0.0224 e. The number of nitrogens with zero attached hydrogens (tertiary/aromatic N) is 2. The summed E-state index contributed by atoms with van der Waals surface area (Å²) in [6.07, 6.45) is 5.77. The van der Waals surface area contributed by atoms with Gasteiger partial charge in [-0.15, -0.1) is 0 Å². The molecule has 0 saturated carbocycles. The van der Waals surface area contributed by atoms with Crippen molar-refractivity contribution in [2.45, 2.75) is 50.7 Å². The molecule has 0 aromatic rings. The molecule has 3 rings (SSSR count). The number of rotatable bonds is 1. The summed E-state index contributed by atoms with van der Waals surface area (Å²) in [7, 11) is 0. The van der Waals surface area contributed by atoms with E-state index in [2.05, 4.69) is 28.5 Å². The number of hydrogen-bond donors (Lipinski definition) is 0. The Kier molecular flexibility index (Phi) is 3.46. The lowest BCUT2D eigenvalue weighted by Gasteiger charge is -2.49. The molecule has 0 radical (unpaired) electrons. The van der Waals surface area contributed by atoms with E-state index in [0.717, 1.165) is 18.1 Å². The molecule has 3 atom stereocenters. The van der Waals surface area contributed by atoms with E-state index < -0.39 is 0 Å². The summed E-state index contributed by atoms with van der Waals surface area (Å²) < 4.78 is 0. The van der Waals surface area contributed by atoms with Crippen LogP contribution in [-0.4, -0.2) is 59.1 Å². The second kappa shape index (κ2) is 4.87. The third-order valence-corrected chi connectivity index (χ3v) is 5.76. The Balaban J connectivity index is 1.66. The Morgan fingerprint density at radius 1 is 1.06 bits per heavy atom. The molecule has 3 aliphatic heterocycles. The molecular weight excluding hydrogens is 216 g/mol. The summed E-state index contributed by atoms with van der Waals surface area (Å²) >= 11 is 2.15. The normalized spacial score (nSPS) is 42.2. The van der Waals surface area contributed by atoms with Crippen molar-refractivity contribution in [3.05, 3.63) is 0 Å². The van der Waals surface area contributed by atoms with Crippen LogP contribution < -0.4 is 0 Å². The SMILES string of the molecule is CC1CN2CCCCC2CN1C1CCSC1. The van der Waals surface area contributed by atoms with Crippen LogP contribution in [0, 0.1) is 0 Å². The van der Waals surface area contributed by atoms with Gasteiger partial charge < -0.3 is 0 Å². The average molecular weight is 240 g/mol. The molecule has 0 N–H and O–H groups in total. The van der Waals surface area contributed by atoms with Crippen molar-refractivity contribution < 1.29 is 0 Å². The topological polar surface area (TPSA) is 6.48 Å². The number of thioether (sulfide) groups is 1. The zero-order valence-electron chi connectivity index (χ0n) is 10.4. The minimum absolute atomic E-state index is 0.790. The van der Waals surface area contributed by atoms with Crippen LogP contribution >= 0.6 is 11.8 Å². The van der Waals surface area contributed by atoms with Crippen LogP contribution in [0.25, 0.3) is 0 Å². The van der Waals surface area contributed by atoms with Crippen LogP contribution in [0.5, 0.6) is 0 Å². The van der Waals surface area contributed by atoms with Gasteiger partial charge in [-0.1, -0.05) is 6.42 Å². The Morgan fingerprint density at radius 2 is 2.00 bits per heavy atom. The largest absolute Gasteiger partial charge is 0.298 e. The van der Waals surface area contributed by atoms with Crippen LogP contribution in [0.3, 0.4) is 0 Å². The average Bonchev–Trinajstić information content (AvgIpc) is 2.81. The molecule has 3 heterocycles. The first-order chi connectivity index (χ1) is 7.84. The van der Waals surface area contributed by atoms with Gasteiger partial charge in [0.05, 0.1) is 0 Å². The lowest BCUT2D eigenvalue weighted by atomic mass is 9.96. The van der Waals surface area contributed by atoms with Crippen molar-refractivity contribution >= 4 is 11.8 Å². The minimum atomic E-state index is 0.790. The lowest BCUT2D eigenvalue weighted by Crippen LogP contribution is -2.61. The number of fused-ring (bicyclic) bond motifs is 1. The molecule has 92 valence electrons. The predicted molar refractivity (Wildman–Crippen MR) is 71.1 cm³/mol. The maximum Gasteiger partial charge on any atom is 0.0224 e. The van der Waals surface area contributed by atoms with E-state index in [1.165, 1.54) is 56.8 Å². The molecule has 0 aliphatic carbocycles. The highest BCUT2D eigenvalue weighted by atomic mass is 32.2. The summed E-state index contributed by atoms with van der Waals surface area (Å²) in [6.45, 7) is 6.48. The molecule has 0 bridgehead atoms. The summed E-state index contributed by atoms with van der Waals surface area (Å²) in [5, 5.41) is 0. The van der Waals surface area contributed by atoms with E-state index in [4.69, 9.17) is 0 Å². The highest BCUT2D eigenvalue weighted by Crippen LogP contribution is 2.30. The highest BCUT2D eigenvalue weighted by Gasteiger charge is 2.36. The van der Waals surface area contributed by atoms with Crippen molar-refractivity contribution in [3.8, 4) is 0 Å². The molecule has 16 heavy (non-hydrogen) atoms. The lowest BCUT2D eigenvalue weighted by molar-refractivity contribution is -0.00234. The van der Waals surface area contributed by atoms with E-state index in [1.807, 2.05) is 0 Å². The molecular formula is C13H24N2S. The fourth-order valence-corrected chi connectivity index (χ4v) is 4.90. The molecule has 0 spiro atoms. The highest BCUT2D eigenvalue weighted by molar-refractivity contribution is 7.99. The second-order valence-electron chi connectivity index (χ2n) is 5.71. The number of piperazine rings is 1. The summed E-state index contributed by atoms with van der Waals surface area (Å²) in [6, 6.07) is 2.57. The molecule has 3 fully saturated rings. The zero-order valence-corrected chi connectivity index (χ0v) is 11.2. The van der Waals surface area contributed by atoms with Crippen LogP contribution in [0.4, 0.5) is 0 Å². The summed E-state index contributed by atoms with van der Waals surface area (Å²) in [5.41, 5.74) is 0. The van der Waals surface area contributed by atoms with Crippen LogP contribution in [0.15, 0.2) is 0 Å². The maximum absolute atomic E-state index is 2.83. The monoisotopic (exact) mass is 240 g/mol. The maximum atomic E-state index is 2.83. The first-order valence-electron chi connectivity index (χ1n) is 6.92. The number of hydrogen-bond acceptors (Lipinski definition) is 3. The molecule has 3 aliphatic rings. The van der Waals surface area contributed by atoms with Gasteiger partial charge >= 0.3 is 0 Å². The standard InChI is InChI=1S/C13H24N2S/c1-11-8-14-6-3-2-4-12(14)9-15(11)13-5-7-16-10-13/h11-13H,2-10H2,1H3. The van der Waals surface area contributed by atoms with Gasteiger partial charge in [0.2, 0.25) is 0 Å². The van der Waals surface area contributed by atoms with Gasteiger partial charge in [-0.2, -0.15) is 11.8 Å². The van der Waals surface area contributed by atoms with Crippen LogP contribution in [0.1, 0.15) is 32.6 Å². The van der Waals surface area contributed by atoms with Crippen molar-refractivity contribution in [2.75, 3.05) is 31.1 Å². The molecule has 3 unspecified atom stereocenters. The predicted octanol–water partition coefficient (Wildman–Crippen LogP) is 2.05. The molecule has 0 aromatic heterocycles. The summed E-state index contributed by atoms with van der Waals surface area (Å²) in [4.78, 5) is 5.58. The van der Waals surface area contributed by atoms with E-state index in [9.17, 15) is 0 Å². The second-order valence-corrected chi connectivity index (χ2v) is 6.86. The first kappa shape index (κ1) is 11.4.